The Morgan fingerprint density at radius 3 is 2.88 bits per heavy atom. The maximum atomic E-state index is 12.6. The number of nitrogens with zero attached hydrogens (tertiary/aromatic N) is 4. The first-order chi connectivity index (χ1) is 11.4. The molecule has 24 heavy (non-hydrogen) atoms. The highest BCUT2D eigenvalue weighted by Gasteiger charge is 2.39. The Bertz CT molecular complexity index is 711. The summed E-state index contributed by atoms with van der Waals surface area (Å²) in [6.45, 7) is 4.86. The number of carbonyl (C=O) groups is 1. The summed E-state index contributed by atoms with van der Waals surface area (Å²) >= 11 is 0. The third kappa shape index (κ3) is 3.12. The Kier molecular flexibility index (Phi) is 4.28. The van der Waals surface area contributed by atoms with Crippen molar-refractivity contribution in [1.82, 2.24) is 15.0 Å². The molecule has 0 spiro atoms. The van der Waals surface area contributed by atoms with Crippen LogP contribution in [0, 0.1) is 13.8 Å². The molecular formula is C17H22N4O3. The average Bonchev–Trinajstić information content (AvgIpc) is 3.10. The first-order valence-electron chi connectivity index (χ1n) is 7.96. The fraction of sp³-hybridized carbons (Fsp3) is 0.471. The number of amides is 1. The summed E-state index contributed by atoms with van der Waals surface area (Å²) in [6.07, 6.45) is 2.32. The molecule has 1 atom stereocenters. The fourth-order valence-corrected chi connectivity index (χ4v) is 3.21. The van der Waals surface area contributed by atoms with Crippen LogP contribution < -0.4 is 4.90 Å². The molecule has 1 N–H and O–H groups in total. The van der Waals surface area contributed by atoms with Crippen LogP contribution in [0.1, 0.15) is 28.2 Å². The molecule has 3 heterocycles. The van der Waals surface area contributed by atoms with E-state index in [-0.39, 0.29) is 12.5 Å². The van der Waals surface area contributed by atoms with Gasteiger partial charge in [-0.25, -0.2) is 4.98 Å². The Balaban J connectivity index is 1.68. The van der Waals surface area contributed by atoms with Gasteiger partial charge in [-0.1, -0.05) is 11.2 Å². The lowest BCUT2D eigenvalue weighted by Crippen LogP contribution is -2.46. The van der Waals surface area contributed by atoms with E-state index in [4.69, 9.17) is 4.52 Å². The van der Waals surface area contributed by atoms with E-state index in [0.29, 0.717) is 36.5 Å². The summed E-state index contributed by atoms with van der Waals surface area (Å²) in [6, 6.07) is 5.71. The lowest BCUT2D eigenvalue weighted by Gasteiger charge is -2.29. The van der Waals surface area contributed by atoms with E-state index >= 15 is 0 Å². The average molecular weight is 330 g/mol. The van der Waals surface area contributed by atoms with Gasteiger partial charge in [-0.15, -0.1) is 0 Å². The van der Waals surface area contributed by atoms with Crippen molar-refractivity contribution >= 4 is 11.7 Å². The number of anilines is 1. The van der Waals surface area contributed by atoms with E-state index in [1.165, 1.54) is 4.90 Å². The van der Waals surface area contributed by atoms with Crippen molar-refractivity contribution in [3.05, 3.63) is 41.4 Å². The fourth-order valence-electron chi connectivity index (χ4n) is 3.21. The van der Waals surface area contributed by atoms with E-state index in [0.717, 1.165) is 5.82 Å². The molecule has 0 bridgehead atoms. The molecule has 2 aromatic heterocycles. The second-order valence-electron chi connectivity index (χ2n) is 6.44. The Hall–Kier alpha value is -2.41. The molecule has 1 unspecified atom stereocenters. The SMILES string of the molecule is Cc1noc(C)c1C(=O)N(C)CC1(O)CCN(c2ccccn2)C1. The van der Waals surface area contributed by atoms with E-state index < -0.39 is 5.60 Å². The van der Waals surface area contributed by atoms with Crippen LogP contribution in [0.4, 0.5) is 5.82 Å². The minimum atomic E-state index is -0.957. The lowest BCUT2D eigenvalue weighted by atomic mass is 10.0. The third-order valence-corrected chi connectivity index (χ3v) is 4.43. The maximum Gasteiger partial charge on any atom is 0.259 e. The minimum Gasteiger partial charge on any atom is -0.386 e. The van der Waals surface area contributed by atoms with Crippen LogP contribution in [0.2, 0.25) is 0 Å². The summed E-state index contributed by atoms with van der Waals surface area (Å²) < 4.78 is 5.06. The number of aromatic nitrogens is 2. The highest BCUT2D eigenvalue weighted by Crippen LogP contribution is 2.26. The number of hydrogen-bond donors (Lipinski definition) is 1. The van der Waals surface area contributed by atoms with Crippen LogP contribution in [-0.2, 0) is 0 Å². The van der Waals surface area contributed by atoms with Crippen molar-refractivity contribution in [1.29, 1.82) is 0 Å². The number of pyridine rings is 1. The van der Waals surface area contributed by atoms with Gasteiger partial charge in [-0.3, -0.25) is 4.79 Å². The summed E-state index contributed by atoms with van der Waals surface area (Å²) in [5.41, 5.74) is 0.0829. The van der Waals surface area contributed by atoms with Gasteiger partial charge in [0.25, 0.3) is 5.91 Å². The Morgan fingerprint density at radius 1 is 1.46 bits per heavy atom. The zero-order valence-electron chi connectivity index (χ0n) is 14.2. The van der Waals surface area contributed by atoms with Crippen LogP contribution in [0.15, 0.2) is 28.9 Å². The number of aryl methyl sites for hydroxylation is 2. The zero-order valence-corrected chi connectivity index (χ0v) is 14.2. The number of β-amino-alcohol motifs (C(OH)–C–C–N with tert-alkyl or cyclic N) is 1. The molecule has 0 aliphatic carbocycles. The number of carbonyl (C=O) groups excluding carboxylic acids is 1. The quantitative estimate of drug-likeness (QED) is 0.912. The molecule has 7 nitrogen and oxygen atoms in total. The number of aliphatic hydroxyl groups is 1. The van der Waals surface area contributed by atoms with Crippen LogP contribution >= 0.6 is 0 Å². The zero-order chi connectivity index (χ0) is 17.3. The van der Waals surface area contributed by atoms with Crippen LogP contribution in [-0.4, -0.2) is 58.3 Å². The molecule has 1 amide bonds. The van der Waals surface area contributed by atoms with Crippen molar-refractivity contribution in [2.75, 3.05) is 31.6 Å². The molecule has 3 rings (SSSR count). The molecule has 2 aromatic rings. The predicted octanol–water partition coefficient (Wildman–Crippen LogP) is 1.40. The first kappa shape index (κ1) is 16.4. The van der Waals surface area contributed by atoms with Crippen molar-refractivity contribution in [3.63, 3.8) is 0 Å². The normalized spacial score (nSPS) is 20.4. The van der Waals surface area contributed by atoms with Crippen LogP contribution in [0.3, 0.4) is 0 Å². The Labute approximate surface area is 140 Å². The summed E-state index contributed by atoms with van der Waals surface area (Å²) in [5, 5.41) is 14.7. The van der Waals surface area contributed by atoms with E-state index in [1.807, 2.05) is 23.1 Å². The highest BCUT2D eigenvalue weighted by atomic mass is 16.5. The van der Waals surface area contributed by atoms with Gasteiger partial charge in [0.05, 0.1) is 12.2 Å². The second kappa shape index (κ2) is 6.24. The van der Waals surface area contributed by atoms with Gasteiger partial charge >= 0.3 is 0 Å². The molecule has 0 aromatic carbocycles. The molecule has 0 radical (unpaired) electrons. The summed E-state index contributed by atoms with van der Waals surface area (Å²) in [4.78, 5) is 20.5. The number of hydrogen-bond acceptors (Lipinski definition) is 6. The van der Waals surface area contributed by atoms with Gasteiger partial charge in [-0.05, 0) is 32.4 Å². The van der Waals surface area contributed by atoms with Gasteiger partial charge in [0.15, 0.2) is 0 Å². The Morgan fingerprint density at radius 2 is 2.25 bits per heavy atom. The molecule has 1 aliphatic heterocycles. The van der Waals surface area contributed by atoms with Gasteiger partial charge < -0.3 is 19.4 Å². The van der Waals surface area contributed by atoms with E-state index in [2.05, 4.69) is 10.1 Å². The number of rotatable bonds is 4. The standard InChI is InChI=1S/C17H22N4O3/c1-12-15(13(2)24-19-12)16(22)20(3)10-17(23)7-9-21(11-17)14-6-4-5-8-18-14/h4-6,8,23H,7,9-11H2,1-3H3. The first-order valence-corrected chi connectivity index (χ1v) is 7.96. The van der Waals surface area contributed by atoms with E-state index in [9.17, 15) is 9.90 Å². The molecule has 128 valence electrons. The molecule has 0 saturated carbocycles. The molecular weight excluding hydrogens is 308 g/mol. The molecule has 1 fully saturated rings. The van der Waals surface area contributed by atoms with Gasteiger partial charge in [-0.2, -0.15) is 0 Å². The lowest BCUT2D eigenvalue weighted by molar-refractivity contribution is 0.0263. The van der Waals surface area contributed by atoms with Gasteiger partial charge in [0.1, 0.15) is 22.7 Å². The summed E-state index contributed by atoms with van der Waals surface area (Å²) in [5.74, 6) is 1.15. The highest BCUT2D eigenvalue weighted by molar-refractivity contribution is 5.96. The molecule has 1 aliphatic rings. The smallest absolute Gasteiger partial charge is 0.259 e. The molecule has 7 heteroatoms. The number of likely N-dealkylation sites (N-methyl/N-ethyl adjacent to an activating group) is 1. The van der Waals surface area contributed by atoms with Crippen LogP contribution in [0.5, 0.6) is 0 Å². The maximum absolute atomic E-state index is 12.6. The van der Waals surface area contributed by atoms with Crippen molar-refractivity contribution in [2.45, 2.75) is 25.9 Å². The second-order valence-corrected chi connectivity index (χ2v) is 6.44. The van der Waals surface area contributed by atoms with Gasteiger partial charge in [0.2, 0.25) is 0 Å². The van der Waals surface area contributed by atoms with Crippen molar-refractivity contribution < 1.29 is 14.4 Å². The third-order valence-electron chi connectivity index (χ3n) is 4.43. The topological polar surface area (TPSA) is 82.7 Å². The summed E-state index contributed by atoms with van der Waals surface area (Å²) in [7, 11) is 1.69. The van der Waals surface area contributed by atoms with Crippen LogP contribution in [0.25, 0.3) is 0 Å². The largest absolute Gasteiger partial charge is 0.386 e. The van der Waals surface area contributed by atoms with Gasteiger partial charge in [0, 0.05) is 26.3 Å². The predicted molar refractivity (Wildman–Crippen MR) is 89.0 cm³/mol. The van der Waals surface area contributed by atoms with E-state index in [1.54, 1.807) is 27.1 Å². The monoisotopic (exact) mass is 330 g/mol. The minimum absolute atomic E-state index is 0.184. The van der Waals surface area contributed by atoms with Crippen molar-refractivity contribution in [2.24, 2.45) is 0 Å². The molecule has 1 saturated heterocycles. The van der Waals surface area contributed by atoms with Crippen molar-refractivity contribution in [3.8, 4) is 0 Å².